The van der Waals surface area contributed by atoms with Gasteiger partial charge in [-0.05, 0) is 36.5 Å². The van der Waals surface area contributed by atoms with E-state index >= 15 is 0 Å². The highest BCUT2D eigenvalue weighted by atomic mass is 16.2. The van der Waals surface area contributed by atoms with Gasteiger partial charge in [-0.3, -0.25) is 9.59 Å². The molecule has 0 unspecified atom stereocenters. The summed E-state index contributed by atoms with van der Waals surface area (Å²) < 4.78 is 0. The van der Waals surface area contributed by atoms with Crippen LogP contribution in [0.2, 0.25) is 0 Å². The van der Waals surface area contributed by atoms with Crippen molar-refractivity contribution in [3.63, 3.8) is 0 Å². The minimum atomic E-state index is -0.339. The Balaban J connectivity index is 1.76. The number of carbonyl (C=O) groups is 1. The maximum Gasteiger partial charge on any atom is 0.256 e. The van der Waals surface area contributed by atoms with E-state index in [1.165, 1.54) is 11.8 Å². The van der Waals surface area contributed by atoms with Crippen LogP contribution in [0.3, 0.4) is 0 Å². The number of aromatic nitrogens is 1. The van der Waals surface area contributed by atoms with Gasteiger partial charge in [0, 0.05) is 23.1 Å². The molecule has 0 aliphatic heterocycles. The van der Waals surface area contributed by atoms with E-state index in [0.717, 1.165) is 11.9 Å². The number of nitrogens with one attached hydrogen (secondary N) is 2. The van der Waals surface area contributed by atoms with Crippen molar-refractivity contribution in [1.29, 1.82) is 0 Å². The average molecular weight is 348 g/mol. The molecule has 0 saturated heterocycles. The van der Waals surface area contributed by atoms with E-state index in [4.69, 9.17) is 0 Å². The summed E-state index contributed by atoms with van der Waals surface area (Å²) in [5.74, 6) is -0.339. The molecule has 1 heterocycles. The highest BCUT2D eigenvalue weighted by molar-refractivity contribution is 5.97. The lowest BCUT2D eigenvalue weighted by Crippen LogP contribution is -2.39. The lowest BCUT2D eigenvalue weighted by atomic mass is 9.79. The Bertz CT molecular complexity index is 974. The molecule has 26 heavy (non-hydrogen) atoms. The van der Waals surface area contributed by atoms with E-state index in [9.17, 15) is 9.59 Å². The Morgan fingerprint density at radius 2 is 1.73 bits per heavy atom. The lowest BCUT2D eigenvalue weighted by Gasteiger charge is -2.29. The average Bonchev–Trinajstić information content (AvgIpc) is 2.62. The van der Waals surface area contributed by atoms with Crippen molar-refractivity contribution in [3.8, 4) is 0 Å². The second kappa shape index (κ2) is 7.16. The Hall–Kier alpha value is -2.88. The van der Waals surface area contributed by atoms with E-state index in [2.05, 4.69) is 36.3 Å². The molecule has 4 heteroatoms. The van der Waals surface area contributed by atoms with Gasteiger partial charge in [0.2, 0.25) is 5.43 Å². The monoisotopic (exact) mass is 348 g/mol. The van der Waals surface area contributed by atoms with Gasteiger partial charge in [0.05, 0.1) is 0 Å². The van der Waals surface area contributed by atoms with Crippen molar-refractivity contribution in [1.82, 2.24) is 10.3 Å². The second-order valence-corrected chi connectivity index (χ2v) is 7.41. The Labute approximate surface area is 153 Å². The van der Waals surface area contributed by atoms with Gasteiger partial charge in [0.15, 0.2) is 0 Å². The molecule has 2 aromatic carbocycles. The molecule has 0 fully saturated rings. The van der Waals surface area contributed by atoms with Gasteiger partial charge >= 0.3 is 0 Å². The van der Waals surface area contributed by atoms with Crippen LogP contribution in [-0.2, 0) is 5.41 Å². The molecule has 0 saturated carbocycles. The van der Waals surface area contributed by atoms with Crippen LogP contribution in [0.15, 0.2) is 65.6 Å². The predicted octanol–water partition coefficient (Wildman–Crippen LogP) is 4.01. The zero-order chi connectivity index (χ0) is 18.7. The molecule has 0 aliphatic rings. The minimum absolute atomic E-state index is 0.0661. The van der Waals surface area contributed by atoms with Crippen LogP contribution in [0.25, 0.3) is 10.9 Å². The number of aromatic amines is 1. The number of rotatable bonds is 5. The lowest BCUT2D eigenvalue weighted by molar-refractivity contribution is 0.0933. The van der Waals surface area contributed by atoms with Crippen molar-refractivity contribution in [2.75, 3.05) is 0 Å². The molecular weight excluding hydrogens is 324 g/mol. The van der Waals surface area contributed by atoms with Crippen molar-refractivity contribution < 1.29 is 4.79 Å². The Kier molecular flexibility index (Phi) is 4.94. The number of H-pyrrole nitrogens is 1. The maximum atomic E-state index is 12.6. The molecule has 1 aromatic heterocycles. The van der Waals surface area contributed by atoms with Gasteiger partial charge in [-0.2, -0.15) is 0 Å². The summed E-state index contributed by atoms with van der Waals surface area (Å²) in [4.78, 5) is 28.2. The van der Waals surface area contributed by atoms with Crippen LogP contribution in [0.4, 0.5) is 0 Å². The van der Waals surface area contributed by atoms with Crippen LogP contribution in [0.1, 0.15) is 43.1 Å². The summed E-state index contributed by atoms with van der Waals surface area (Å²) in [6.45, 7) is 6.29. The molecule has 1 amide bonds. The fourth-order valence-electron chi connectivity index (χ4n) is 3.46. The fourth-order valence-corrected chi connectivity index (χ4v) is 3.46. The highest BCUT2D eigenvalue weighted by Gasteiger charge is 2.24. The third-order valence-corrected chi connectivity index (χ3v) is 4.78. The number of hydrogen-bond acceptors (Lipinski definition) is 2. The Morgan fingerprint density at radius 1 is 1.08 bits per heavy atom. The zero-order valence-electron chi connectivity index (χ0n) is 15.4. The summed E-state index contributed by atoms with van der Waals surface area (Å²) in [6.07, 6.45) is 2.27. The smallest absolute Gasteiger partial charge is 0.256 e. The largest absolute Gasteiger partial charge is 0.360 e. The standard InChI is InChI=1S/C22H24N2O2/c1-15(13-22(2,3)16-9-5-4-6-10-16)24-21(26)18-14-23-19-12-8-7-11-17(19)20(18)25/h4-12,14-15H,13H2,1-3H3,(H,23,25)(H,24,26)/t15-/m1/s1. The van der Waals surface area contributed by atoms with E-state index in [1.54, 1.807) is 12.1 Å². The number of amides is 1. The van der Waals surface area contributed by atoms with Gasteiger partial charge in [0.25, 0.3) is 5.91 Å². The van der Waals surface area contributed by atoms with Gasteiger partial charge in [-0.25, -0.2) is 0 Å². The van der Waals surface area contributed by atoms with E-state index < -0.39 is 0 Å². The van der Waals surface area contributed by atoms with Gasteiger partial charge in [-0.1, -0.05) is 56.3 Å². The molecule has 3 rings (SSSR count). The van der Waals surface area contributed by atoms with Gasteiger partial charge < -0.3 is 10.3 Å². The summed E-state index contributed by atoms with van der Waals surface area (Å²) in [5, 5.41) is 3.49. The number of fused-ring (bicyclic) bond motifs is 1. The van der Waals surface area contributed by atoms with Crippen LogP contribution in [-0.4, -0.2) is 16.9 Å². The number of para-hydroxylation sites is 1. The van der Waals surface area contributed by atoms with Gasteiger partial charge in [-0.15, -0.1) is 0 Å². The summed E-state index contributed by atoms with van der Waals surface area (Å²) in [7, 11) is 0. The first-order chi connectivity index (χ1) is 12.4. The molecule has 0 bridgehead atoms. The second-order valence-electron chi connectivity index (χ2n) is 7.41. The molecule has 1 atom stereocenters. The first kappa shape index (κ1) is 17.9. The van der Waals surface area contributed by atoms with Gasteiger partial charge in [0.1, 0.15) is 5.56 Å². The summed E-state index contributed by atoms with van der Waals surface area (Å²) in [5.41, 5.74) is 1.78. The molecule has 3 aromatic rings. The first-order valence-electron chi connectivity index (χ1n) is 8.85. The van der Waals surface area contributed by atoms with Crippen LogP contribution < -0.4 is 10.7 Å². The van der Waals surface area contributed by atoms with Crippen molar-refractivity contribution in [3.05, 3.63) is 82.1 Å². The third-order valence-electron chi connectivity index (χ3n) is 4.78. The van der Waals surface area contributed by atoms with Crippen LogP contribution in [0.5, 0.6) is 0 Å². The first-order valence-corrected chi connectivity index (χ1v) is 8.85. The molecule has 2 N–H and O–H groups in total. The SMILES string of the molecule is C[C@H](CC(C)(C)c1ccccc1)NC(=O)c1c[nH]c2ccccc2c1=O. The van der Waals surface area contributed by atoms with E-state index in [0.29, 0.717) is 5.39 Å². The van der Waals surface area contributed by atoms with Crippen LogP contribution >= 0.6 is 0 Å². The van der Waals surface area contributed by atoms with Crippen molar-refractivity contribution in [2.24, 2.45) is 0 Å². The maximum absolute atomic E-state index is 12.6. The third kappa shape index (κ3) is 3.69. The molecule has 134 valence electrons. The van der Waals surface area contributed by atoms with Crippen molar-refractivity contribution in [2.45, 2.75) is 38.6 Å². The number of benzene rings is 2. The molecule has 0 aliphatic carbocycles. The summed E-state index contributed by atoms with van der Waals surface area (Å²) in [6, 6.07) is 17.4. The summed E-state index contributed by atoms with van der Waals surface area (Å²) >= 11 is 0. The zero-order valence-corrected chi connectivity index (χ0v) is 15.4. The normalized spacial score (nSPS) is 12.7. The quantitative estimate of drug-likeness (QED) is 0.732. The molecular formula is C22H24N2O2. The van der Waals surface area contributed by atoms with Crippen molar-refractivity contribution >= 4 is 16.8 Å². The topological polar surface area (TPSA) is 62.0 Å². The number of carbonyl (C=O) groups excluding carboxylic acids is 1. The molecule has 0 spiro atoms. The molecule has 0 radical (unpaired) electrons. The molecule has 4 nitrogen and oxygen atoms in total. The highest BCUT2D eigenvalue weighted by Crippen LogP contribution is 2.28. The fraction of sp³-hybridized carbons (Fsp3) is 0.273. The Morgan fingerprint density at radius 3 is 2.46 bits per heavy atom. The number of pyridine rings is 1. The number of hydrogen-bond donors (Lipinski definition) is 2. The minimum Gasteiger partial charge on any atom is -0.360 e. The predicted molar refractivity (Wildman–Crippen MR) is 106 cm³/mol. The van der Waals surface area contributed by atoms with Crippen LogP contribution in [0, 0.1) is 0 Å². The van der Waals surface area contributed by atoms with E-state index in [-0.39, 0.29) is 28.4 Å². The van der Waals surface area contributed by atoms with E-state index in [1.807, 2.05) is 37.3 Å².